The fourth-order valence-electron chi connectivity index (χ4n) is 1.40. The molecule has 1 aromatic heterocycles. The topological polar surface area (TPSA) is 20.2 Å². The molecular formula is C9H7BF3OS-. The number of hydrogen-bond acceptors (Lipinski definition) is 2. The number of aliphatic hydroxyl groups excluding tert-OH is 1. The van der Waals surface area contributed by atoms with Crippen molar-refractivity contribution in [3.8, 4) is 0 Å². The van der Waals surface area contributed by atoms with Crippen LogP contribution in [0.2, 0.25) is 0 Å². The highest BCUT2D eigenvalue weighted by atomic mass is 32.1. The Morgan fingerprint density at radius 2 is 1.93 bits per heavy atom. The summed E-state index contributed by atoms with van der Waals surface area (Å²) in [5.41, 5.74) is -0.593. The SMILES string of the molecule is OCc1cc2cc([B-](F)(F)F)ccc2s1. The Morgan fingerprint density at radius 3 is 2.53 bits per heavy atom. The Morgan fingerprint density at radius 1 is 1.20 bits per heavy atom. The van der Waals surface area contributed by atoms with Crippen molar-refractivity contribution >= 4 is 33.9 Å². The van der Waals surface area contributed by atoms with Gasteiger partial charge < -0.3 is 18.1 Å². The molecule has 0 radical (unpaired) electrons. The van der Waals surface area contributed by atoms with E-state index in [1.807, 2.05) is 0 Å². The van der Waals surface area contributed by atoms with Gasteiger partial charge in [0.15, 0.2) is 0 Å². The average molecular weight is 231 g/mol. The van der Waals surface area contributed by atoms with Crippen LogP contribution in [0.5, 0.6) is 0 Å². The maximum atomic E-state index is 12.4. The fraction of sp³-hybridized carbons (Fsp3) is 0.111. The van der Waals surface area contributed by atoms with Crippen molar-refractivity contribution in [2.24, 2.45) is 0 Å². The smallest absolute Gasteiger partial charge is 0.445 e. The van der Waals surface area contributed by atoms with E-state index in [9.17, 15) is 12.9 Å². The number of fused-ring (bicyclic) bond motifs is 1. The normalized spacial score (nSPS) is 12.3. The second kappa shape index (κ2) is 3.54. The number of benzene rings is 1. The summed E-state index contributed by atoms with van der Waals surface area (Å²) >= 11 is 1.31. The standard InChI is InChI=1S/C9H7BF3OS/c11-10(12,13)7-1-2-9-6(3-7)4-8(5-14)15-9/h1-4,14H,5H2/q-1. The van der Waals surface area contributed by atoms with Gasteiger partial charge in [0.2, 0.25) is 0 Å². The minimum atomic E-state index is -4.94. The average Bonchev–Trinajstić information content (AvgIpc) is 2.57. The van der Waals surface area contributed by atoms with Crippen LogP contribution in [-0.4, -0.2) is 12.1 Å². The maximum absolute atomic E-state index is 12.4. The van der Waals surface area contributed by atoms with Crippen LogP contribution < -0.4 is 5.46 Å². The van der Waals surface area contributed by atoms with E-state index in [4.69, 9.17) is 5.11 Å². The molecule has 80 valence electrons. The molecule has 6 heteroatoms. The molecule has 0 unspecified atom stereocenters. The predicted octanol–water partition coefficient (Wildman–Crippen LogP) is 2.45. The van der Waals surface area contributed by atoms with E-state index in [0.29, 0.717) is 10.3 Å². The molecule has 1 nitrogen and oxygen atoms in total. The first-order valence-electron chi connectivity index (χ1n) is 4.34. The lowest BCUT2D eigenvalue weighted by molar-refractivity contribution is 0.285. The van der Waals surface area contributed by atoms with Crippen molar-refractivity contribution in [3.05, 3.63) is 29.1 Å². The zero-order chi connectivity index (χ0) is 11.1. The lowest BCUT2D eigenvalue weighted by Crippen LogP contribution is -2.33. The summed E-state index contributed by atoms with van der Waals surface area (Å²) in [6, 6.07) is 5.25. The summed E-state index contributed by atoms with van der Waals surface area (Å²) in [6.07, 6.45) is 0. The van der Waals surface area contributed by atoms with Crippen molar-refractivity contribution in [1.82, 2.24) is 0 Å². The lowest BCUT2D eigenvalue weighted by atomic mass is 9.80. The number of rotatable bonds is 2. The van der Waals surface area contributed by atoms with Gasteiger partial charge in [-0.25, -0.2) is 0 Å². The van der Waals surface area contributed by atoms with Gasteiger partial charge in [-0.3, -0.25) is 0 Å². The molecule has 1 aromatic carbocycles. The van der Waals surface area contributed by atoms with Crippen molar-refractivity contribution in [3.63, 3.8) is 0 Å². The summed E-state index contributed by atoms with van der Waals surface area (Å²) in [5.74, 6) is 0. The first-order valence-corrected chi connectivity index (χ1v) is 5.15. The van der Waals surface area contributed by atoms with E-state index in [0.717, 1.165) is 16.8 Å². The van der Waals surface area contributed by atoms with Gasteiger partial charge in [0.1, 0.15) is 0 Å². The van der Waals surface area contributed by atoms with Gasteiger partial charge in [-0.1, -0.05) is 12.1 Å². The summed E-state index contributed by atoms with van der Waals surface area (Å²) in [4.78, 5) is 0.678. The molecule has 0 saturated carbocycles. The number of hydrogen-bond donors (Lipinski definition) is 1. The predicted molar refractivity (Wildman–Crippen MR) is 56.5 cm³/mol. The van der Waals surface area contributed by atoms with Gasteiger partial charge in [-0.05, 0) is 17.5 Å². The zero-order valence-electron chi connectivity index (χ0n) is 7.58. The third-order valence-electron chi connectivity index (χ3n) is 2.13. The lowest BCUT2D eigenvalue weighted by Gasteiger charge is -2.14. The molecule has 0 fully saturated rings. The van der Waals surface area contributed by atoms with Crippen LogP contribution in [0.4, 0.5) is 12.9 Å². The fourth-order valence-corrected chi connectivity index (χ4v) is 2.30. The Bertz CT molecular complexity index is 492. The Hall–Kier alpha value is -1.01. The Kier molecular flexibility index (Phi) is 2.48. The van der Waals surface area contributed by atoms with E-state index in [-0.39, 0.29) is 6.61 Å². The zero-order valence-corrected chi connectivity index (χ0v) is 8.40. The molecule has 0 bridgehead atoms. The molecule has 0 aliphatic carbocycles. The minimum absolute atomic E-state index is 0.133. The van der Waals surface area contributed by atoms with Gasteiger partial charge in [0, 0.05) is 9.58 Å². The largest absolute Gasteiger partial charge is 0.509 e. The number of thiophene rings is 1. The summed E-state index contributed by atoms with van der Waals surface area (Å²) in [5, 5.41) is 9.40. The molecule has 2 aromatic rings. The number of aliphatic hydroxyl groups is 1. The quantitative estimate of drug-likeness (QED) is 0.787. The van der Waals surface area contributed by atoms with Gasteiger partial charge in [0.05, 0.1) is 6.61 Å². The summed E-state index contributed by atoms with van der Waals surface area (Å²) in [6.45, 7) is -5.07. The van der Waals surface area contributed by atoms with Gasteiger partial charge in [-0.15, -0.1) is 16.8 Å². The van der Waals surface area contributed by atoms with Crippen molar-refractivity contribution < 1.29 is 18.1 Å². The second-order valence-corrected chi connectivity index (χ2v) is 4.41. The van der Waals surface area contributed by atoms with E-state index < -0.39 is 12.4 Å². The van der Waals surface area contributed by atoms with E-state index in [1.54, 1.807) is 6.07 Å². The molecule has 0 aliphatic rings. The first-order chi connectivity index (χ1) is 7.00. The Balaban J connectivity index is 2.55. The van der Waals surface area contributed by atoms with Crippen LogP contribution in [0.1, 0.15) is 4.88 Å². The monoisotopic (exact) mass is 231 g/mol. The van der Waals surface area contributed by atoms with Crippen molar-refractivity contribution in [2.75, 3.05) is 0 Å². The van der Waals surface area contributed by atoms with Crippen LogP contribution in [0.3, 0.4) is 0 Å². The molecule has 15 heavy (non-hydrogen) atoms. The molecule has 0 atom stereocenters. The van der Waals surface area contributed by atoms with Gasteiger partial charge in [-0.2, -0.15) is 0 Å². The summed E-state index contributed by atoms with van der Waals surface area (Å²) in [7, 11) is 0. The van der Waals surface area contributed by atoms with Crippen molar-refractivity contribution in [2.45, 2.75) is 6.61 Å². The van der Waals surface area contributed by atoms with Crippen LogP contribution in [0.25, 0.3) is 10.1 Å². The second-order valence-electron chi connectivity index (χ2n) is 3.24. The van der Waals surface area contributed by atoms with E-state index >= 15 is 0 Å². The van der Waals surface area contributed by atoms with Gasteiger partial charge >= 0.3 is 6.98 Å². The first kappa shape index (κ1) is 10.5. The third kappa shape index (κ3) is 2.00. The Labute approximate surface area is 88.2 Å². The van der Waals surface area contributed by atoms with Crippen LogP contribution in [0, 0.1) is 0 Å². The molecule has 2 rings (SSSR count). The van der Waals surface area contributed by atoms with Gasteiger partial charge in [0.25, 0.3) is 0 Å². The maximum Gasteiger partial charge on any atom is 0.509 e. The van der Waals surface area contributed by atoms with Crippen LogP contribution >= 0.6 is 11.3 Å². The molecule has 0 spiro atoms. The highest BCUT2D eigenvalue weighted by Crippen LogP contribution is 2.25. The molecule has 0 aliphatic heterocycles. The van der Waals surface area contributed by atoms with E-state index in [2.05, 4.69) is 0 Å². The molecule has 1 N–H and O–H groups in total. The van der Waals surface area contributed by atoms with E-state index in [1.165, 1.54) is 17.4 Å². The number of halogens is 3. The molecular weight excluding hydrogens is 224 g/mol. The molecule has 0 saturated heterocycles. The molecule has 0 amide bonds. The van der Waals surface area contributed by atoms with Crippen LogP contribution in [0.15, 0.2) is 24.3 Å². The summed E-state index contributed by atoms with van der Waals surface area (Å²) < 4.78 is 38.0. The minimum Gasteiger partial charge on any atom is -0.445 e. The highest BCUT2D eigenvalue weighted by molar-refractivity contribution is 7.19. The molecule has 1 heterocycles. The third-order valence-corrected chi connectivity index (χ3v) is 3.23. The van der Waals surface area contributed by atoms with Crippen molar-refractivity contribution in [1.29, 1.82) is 0 Å². The van der Waals surface area contributed by atoms with Crippen LogP contribution in [-0.2, 0) is 6.61 Å². The highest BCUT2D eigenvalue weighted by Gasteiger charge is 2.25.